The van der Waals surface area contributed by atoms with Crippen molar-refractivity contribution in [2.75, 3.05) is 26.2 Å². The van der Waals surface area contributed by atoms with E-state index in [1.165, 1.54) is 61.5 Å². The molecule has 32 heavy (non-hydrogen) atoms. The third-order valence-electron chi connectivity index (χ3n) is 6.09. The largest absolute Gasteiger partial charge is 0.335 e. The van der Waals surface area contributed by atoms with E-state index in [0.29, 0.717) is 18.7 Å². The van der Waals surface area contributed by atoms with Crippen molar-refractivity contribution in [3.05, 3.63) is 76.2 Å². The molecule has 2 aromatic carbocycles. The average Bonchev–Trinajstić information content (AvgIpc) is 3.29. The highest BCUT2D eigenvalue weighted by Crippen LogP contribution is 2.39. The molecule has 0 saturated carbocycles. The predicted molar refractivity (Wildman–Crippen MR) is 123 cm³/mol. The molecule has 1 aliphatic heterocycles. The number of nitriles is 1. The highest BCUT2D eigenvalue weighted by Gasteiger charge is 2.31. The molecule has 0 atom stereocenters. The highest BCUT2D eigenvalue weighted by molar-refractivity contribution is 7.89. The summed E-state index contributed by atoms with van der Waals surface area (Å²) in [6, 6.07) is 18.3. The number of thiophene rings is 1. The van der Waals surface area contributed by atoms with Gasteiger partial charge in [0.25, 0.3) is 5.91 Å². The summed E-state index contributed by atoms with van der Waals surface area (Å²) < 4.78 is 27.3. The van der Waals surface area contributed by atoms with E-state index in [2.05, 4.69) is 18.2 Å². The molecular formula is C24H21N3O3S2. The number of hydrogen-bond donors (Lipinski definition) is 0. The number of rotatable bonds is 3. The fourth-order valence-electron chi connectivity index (χ4n) is 4.31. The molecule has 0 N–H and O–H groups in total. The summed E-state index contributed by atoms with van der Waals surface area (Å²) in [5, 5.41) is 8.91. The molecule has 2 aliphatic rings. The van der Waals surface area contributed by atoms with Crippen LogP contribution in [0, 0.1) is 11.3 Å². The van der Waals surface area contributed by atoms with Gasteiger partial charge in [-0.2, -0.15) is 9.57 Å². The summed E-state index contributed by atoms with van der Waals surface area (Å²) in [6.45, 7) is 1.21. The minimum Gasteiger partial charge on any atom is -0.335 e. The van der Waals surface area contributed by atoms with Crippen molar-refractivity contribution in [3.63, 3.8) is 0 Å². The lowest BCUT2D eigenvalue weighted by Crippen LogP contribution is -2.50. The van der Waals surface area contributed by atoms with Crippen LogP contribution in [0.1, 0.15) is 26.4 Å². The fraction of sp³-hybridized carbons (Fsp3) is 0.250. The minimum absolute atomic E-state index is 0.0303. The summed E-state index contributed by atoms with van der Waals surface area (Å²) in [7, 11) is -3.65. The number of benzene rings is 2. The van der Waals surface area contributed by atoms with Gasteiger partial charge in [0.1, 0.15) is 0 Å². The summed E-state index contributed by atoms with van der Waals surface area (Å²) in [5.41, 5.74) is 4.18. The quantitative estimate of drug-likeness (QED) is 0.595. The van der Waals surface area contributed by atoms with Crippen LogP contribution in [-0.2, 0) is 22.9 Å². The number of nitrogens with zero attached hydrogens (tertiary/aromatic N) is 3. The maximum absolute atomic E-state index is 13.2. The van der Waals surface area contributed by atoms with Gasteiger partial charge in [-0.1, -0.05) is 24.3 Å². The molecule has 1 saturated heterocycles. The topological polar surface area (TPSA) is 81.5 Å². The van der Waals surface area contributed by atoms with Gasteiger partial charge in [-0.25, -0.2) is 8.42 Å². The molecular weight excluding hydrogens is 442 g/mol. The molecule has 5 rings (SSSR count). The number of aryl methyl sites for hydroxylation is 2. The van der Waals surface area contributed by atoms with Crippen LogP contribution in [0.3, 0.4) is 0 Å². The molecule has 1 fully saturated rings. The Bertz CT molecular complexity index is 1330. The van der Waals surface area contributed by atoms with Crippen molar-refractivity contribution < 1.29 is 13.2 Å². The molecule has 0 spiro atoms. The zero-order valence-corrected chi connectivity index (χ0v) is 19.0. The van der Waals surface area contributed by atoms with E-state index < -0.39 is 10.0 Å². The van der Waals surface area contributed by atoms with Crippen LogP contribution < -0.4 is 0 Å². The molecule has 0 radical (unpaired) electrons. The van der Waals surface area contributed by atoms with Gasteiger partial charge >= 0.3 is 0 Å². The lowest BCUT2D eigenvalue weighted by Gasteiger charge is -2.33. The Labute approximate surface area is 191 Å². The van der Waals surface area contributed by atoms with Crippen LogP contribution in [0.2, 0.25) is 0 Å². The molecule has 8 heteroatoms. The smallest absolute Gasteiger partial charge is 0.264 e. The molecule has 162 valence electrons. The van der Waals surface area contributed by atoms with Crippen molar-refractivity contribution in [1.29, 1.82) is 5.26 Å². The highest BCUT2D eigenvalue weighted by atomic mass is 32.2. The molecule has 0 bridgehead atoms. The van der Waals surface area contributed by atoms with Crippen LogP contribution in [0.4, 0.5) is 0 Å². The molecule has 1 aliphatic carbocycles. The van der Waals surface area contributed by atoms with Crippen LogP contribution >= 0.6 is 11.3 Å². The van der Waals surface area contributed by atoms with Crippen LogP contribution in [-0.4, -0.2) is 49.7 Å². The van der Waals surface area contributed by atoms with Crippen LogP contribution in [0.5, 0.6) is 0 Å². The SMILES string of the molecule is N#Cc1ccc(S(=O)(=O)N2CCN(C(=O)c3cc4c(s3)-c3ccccc3CC4)CC2)cc1. The van der Waals surface area contributed by atoms with E-state index in [9.17, 15) is 13.2 Å². The van der Waals surface area contributed by atoms with Gasteiger partial charge in [-0.3, -0.25) is 4.79 Å². The molecule has 2 heterocycles. The molecule has 0 unspecified atom stereocenters. The Morgan fingerprint density at radius 2 is 1.62 bits per heavy atom. The second-order valence-corrected chi connectivity index (χ2v) is 10.9. The molecule has 1 amide bonds. The average molecular weight is 464 g/mol. The van der Waals surface area contributed by atoms with Crippen molar-refractivity contribution >= 4 is 27.3 Å². The number of piperazine rings is 1. The number of amides is 1. The maximum Gasteiger partial charge on any atom is 0.264 e. The lowest BCUT2D eigenvalue weighted by molar-refractivity contribution is 0.0702. The van der Waals surface area contributed by atoms with Gasteiger partial charge in [0, 0.05) is 31.1 Å². The first-order valence-corrected chi connectivity index (χ1v) is 12.7. The van der Waals surface area contributed by atoms with E-state index >= 15 is 0 Å². The Kier molecular flexibility index (Phi) is 5.33. The molecule has 1 aromatic heterocycles. The van der Waals surface area contributed by atoms with E-state index in [-0.39, 0.29) is 23.9 Å². The Balaban J connectivity index is 1.29. The van der Waals surface area contributed by atoms with Gasteiger partial charge in [0.2, 0.25) is 10.0 Å². The first-order valence-electron chi connectivity index (χ1n) is 10.5. The second-order valence-electron chi connectivity index (χ2n) is 7.95. The minimum atomic E-state index is -3.65. The Morgan fingerprint density at radius 3 is 2.34 bits per heavy atom. The lowest BCUT2D eigenvalue weighted by atomic mass is 9.91. The van der Waals surface area contributed by atoms with Crippen molar-refractivity contribution in [3.8, 4) is 16.5 Å². The monoisotopic (exact) mass is 463 g/mol. The van der Waals surface area contributed by atoms with E-state index in [4.69, 9.17) is 5.26 Å². The zero-order valence-electron chi connectivity index (χ0n) is 17.3. The summed E-state index contributed by atoms with van der Waals surface area (Å²) in [6.07, 6.45) is 1.92. The fourth-order valence-corrected chi connectivity index (χ4v) is 6.98. The maximum atomic E-state index is 13.2. The van der Waals surface area contributed by atoms with Gasteiger partial charge in [0.15, 0.2) is 0 Å². The summed E-state index contributed by atoms with van der Waals surface area (Å²) >= 11 is 1.54. The van der Waals surface area contributed by atoms with E-state index in [1.54, 1.807) is 4.90 Å². The Morgan fingerprint density at radius 1 is 0.938 bits per heavy atom. The predicted octanol–water partition coefficient (Wildman–Crippen LogP) is 3.53. The van der Waals surface area contributed by atoms with Gasteiger partial charge in [-0.15, -0.1) is 11.3 Å². The van der Waals surface area contributed by atoms with Crippen molar-refractivity contribution in [2.24, 2.45) is 0 Å². The van der Waals surface area contributed by atoms with Crippen molar-refractivity contribution in [1.82, 2.24) is 9.21 Å². The first-order chi connectivity index (χ1) is 15.5. The summed E-state index contributed by atoms with van der Waals surface area (Å²) in [5.74, 6) is -0.0303. The number of carbonyl (C=O) groups excluding carboxylic acids is 1. The Hall–Kier alpha value is -2.99. The number of carbonyl (C=O) groups is 1. The van der Waals surface area contributed by atoms with Crippen LogP contribution in [0.25, 0.3) is 10.4 Å². The van der Waals surface area contributed by atoms with Gasteiger partial charge in [-0.05, 0) is 59.9 Å². The standard InChI is InChI=1S/C24H21N3O3S2/c25-16-17-5-9-20(10-6-17)32(29,30)27-13-11-26(12-14-27)24(28)22-15-19-8-7-18-3-1-2-4-21(18)23(19)31-22/h1-6,9-10,15H,7-8,11-14H2. The number of hydrogen-bond acceptors (Lipinski definition) is 5. The van der Waals surface area contributed by atoms with E-state index in [0.717, 1.165) is 17.7 Å². The third kappa shape index (κ3) is 3.62. The normalized spacial score (nSPS) is 16.2. The first kappa shape index (κ1) is 20.9. The van der Waals surface area contributed by atoms with E-state index in [1.807, 2.05) is 18.2 Å². The number of sulfonamides is 1. The molecule has 3 aromatic rings. The summed E-state index contributed by atoms with van der Waals surface area (Å²) in [4.78, 5) is 17.0. The second kappa shape index (κ2) is 8.17. The van der Waals surface area contributed by atoms with Crippen molar-refractivity contribution in [2.45, 2.75) is 17.7 Å². The third-order valence-corrected chi connectivity index (χ3v) is 9.20. The molecule has 6 nitrogen and oxygen atoms in total. The van der Waals surface area contributed by atoms with Gasteiger partial charge < -0.3 is 4.90 Å². The number of fused-ring (bicyclic) bond motifs is 3. The zero-order chi connectivity index (χ0) is 22.3. The van der Waals surface area contributed by atoms with Crippen LogP contribution in [0.15, 0.2) is 59.5 Å². The van der Waals surface area contributed by atoms with Gasteiger partial charge in [0.05, 0.1) is 21.4 Å².